The van der Waals surface area contributed by atoms with Crippen LogP contribution in [0.4, 0.5) is 0 Å². The molecule has 1 aromatic carbocycles. The summed E-state index contributed by atoms with van der Waals surface area (Å²) in [7, 11) is 0. The molecule has 0 aromatic heterocycles. The third kappa shape index (κ3) is 3.83. The van der Waals surface area contributed by atoms with Crippen molar-refractivity contribution in [3.05, 3.63) is 35.9 Å². The molecule has 3 heteroatoms. The molecule has 20 heavy (non-hydrogen) atoms. The Bertz CT molecular complexity index is 436. The van der Waals surface area contributed by atoms with E-state index in [1.165, 1.54) is 25.7 Å². The van der Waals surface area contributed by atoms with Gasteiger partial charge in [-0.25, -0.2) is 0 Å². The maximum absolute atomic E-state index is 12.6. The van der Waals surface area contributed by atoms with E-state index in [0.717, 1.165) is 31.1 Å². The minimum atomic E-state index is 0.289. The van der Waals surface area contributed by atoms with Crippen LogP contribution < -0.4 is 5.32 Å². The molecule has 108 valence electrons. The molecule has 1 N–H and O–H groups in total. The third-order valence-electron chi connectivity index (χ3n) is 4.33. The van der Waals surface area contributed by atoms with Crippen molar-refractivity contribution in [1.29, 1.82) is 0 Å². The van der Waals surface area contributed by atoms with Gasteiger partial charge in [-0.1, -0.05) is 30.3 Å². The van der Waals surface area contributed by atoms with Crippen LogP contribution in [0.2, 0.25) is 0 Å². The molecular formula is C17H24N2O. The van der Waals surface area contributed by atoms with Gasteiger partial charge in [-0.05, 0) is 43.7 Å². The number of hydrogen-bond acceptors (Lipinski definition) is 2. The van der Waals surface area contributed by atoms with E-state index in [-0.39, 0.29) is 5.91 Å². The molecule has 0 spiro atoms. The van der Waals surface area contributed by atoms with Crippen molar-refractivity contribution in [3.63, 3.8) is 0 Å². The van der Waals surface area contributed by atoms with Crippen molar-refractivity contribution in [3.8, 4) is 0 Å². The molecule has 1 atom stereocenters. The summed E-state index contributed by atoms with van der Waals surface area (Å²) in [4.78, 5) is 14.7. The number of rotatable bonds is 6. The van der Waals surface area contributed by atoms with Gasteiger partial charge >= 0.3 is 0 Å². The molecule has 2 aliphatic rings. The van der Waals surface area contributed by atoms with E-state index in [0.29, 0.717) is 12.5 Å². The lowest BCUT2D eigenvalue weighted by Gasteiger charge is -2.26. The molecule has 1 unspecified atom stereocenters. The molecule has 1 saturated carbocycles. The van der Waals surface area contributed by atoms with Crippen molar-refractivity contribution in [2.45, 2.75) is 38.1 Å². The van der Waals surface area contributed by atoms with Crippen molar-refractivity contribution >= 4 is 5.91 Å². The Morgan fingerprint density at radius 3 is 2.60 bits per heavy atom. The highest BCUT2D eigenvalue weighted by atomic mass is 16.2. The van der Waals surface area contributed by atoms with E-state index in [9.17, 15) is 4.79 Å². The van der Waals surface area contributed by atoms with Crippen molar-refractivity contribution in [2.75, 3.05) is 19.6 Å². The van der Waals surface area contributed by atoms with Crippen LogP contribution in [0.3, 0.4) is 0 Å². The van der Waals surface area contributed by atoms with Gasteiger partial charge in [0, 0.05) is 19.1 Å². The van der Waals surface area contributed by atoms with Gasteiger partial charge in [0.2, 0.25) is 5.91 Å². The number of nitrogens with zero attached hydrogens (tertiary/aromatic N) is 1. The largest absolute Gasteiger partial charge is 0.341 e. The molecule has 1 saturated heterocycles. The second kappa shape index (κ2) is 6.40. The maximum atomic E-state index is 12.6. The SMILES string of the molecule is O=C(Cc1ccccc1)N(CC1CC1)CC1CCCN1. The molecule has 3 rings (SSSR count). The monoisotopic (exact) mass is 272 g/mol. The van der Waals surface area contributed by atoms with Gasteiger partial charge in [-0.3, -0.25) is 4.79 Å². The van der Waals surface area contributed by atoms with E-state index in [1.54, 1.807) is 0 Å². The lowest BCUT2D eigenvalue weighted by Crippen LogP contribution is -2.42. The minimum Gasteiger partial charge on any atom is -0.341 e. The number of carbonyl (C=O) groups excluding carboxylic acids is 1. The molecule has 3 nitrogen and oxygen atoms in total. The fraction of sp³-hybridized carbons (Fsp3) is 0.588. The first-order valence-electron chi connectivity index (χ1n) is 7.86. The van der Waals surface area contributed by atoms with Crippen molar-refractivity contribution in [1.82, 2.24) is 10.2 Å². The Morgan fingerprint density at radius 1 is 1.15 bits per heavy atom. The molecule has 1 aromatic rings. The number of amides is 1. The van der Waals surface area contributed by atoms with E-state index in [4.69, 9.17) is 0 Å². The van der Waals surface area contributed by atoms with Crippen LogP contribution >= 0.6 is 0 Å². The van der Waals surface area contributed by atoms with E-state index < -0.39 is 0 Å². The molecular weight excluding hydrogens is 248 g/mol. The topological polar surface area (TPSA) is 32.3 Å². The molecule has 0 bridgehead atoms. The highest BCUT2D eigenvalue weighted by Crippen LogP contribution is 2.30. The summed E-state index contributed by atoms with van der Waals surface area (Å²) in [5.41, 5.74) is 1.12. The van der Waals surface area contributed by atoms with E-state index in [2.05, 4.69) is 10.2 Å². The Hall–Kier alpha value is -1.35. The molecule has 1 aliphatic carbocycles. The third-order valence-corrected chi connectivity index (χ3v) is 4.33. The zero-order valence-corrected chi connectivity index (χ0v) is 12.1. The average Bonchev–Trinajstić information content (AvgIpc) is 3.13. The summed E-state index contributed by atoms with van der Waals surface area (Å²) in [5, 5.41) is 3.51. The molecule has 0 radical (unpaired) electrons. The maximum Gasteiger partial charge on any atom is 0.227 e. The first kappa shape index (κ1) is 13.6. The summed E-state index contributed by atoms with van der Waals surface area (Å²) in [6.45, 7) is 2.96. The standard InChI is InChI=1S/C17H24N2O/c20-17(11-14-5-2-1-3-6-14)19(12-15-8-9-15)13-16-7-4-10-18-16/h1-3,5-6,15-16,18H,4,7-13H2. The Balaban J connectivity index is 1.59. The number of nitrogens with one attached hydrogen (secondary N) is 1. The fourth-order valence-electron chi connectivity index (χ4n) is 2.95. The predicted octanol–water partition coefficient (Wildman–Crippen LogP) is 2.22. The number of carbonyl (C=O) groups is 1. The van der Waals surface area contributed by atoms with Crippen molar-refractivity contribution in [2.24, 2.45) is 5.92 Å². The summed E-state index contributed by atoms with van der Waals surface area (Å²) in [6.07, 6.45) is 5.59. The van der Waals surface area contributed by atoms with Crippen LogP contribution in [0.1, 0.15) is 31.2 Å². The Morgan fingerprint density at radius 2 is 1.95 bits per heavy atom. The smallest absolute Gasteiger partial charge is 0.227 e. The van der Waals surface area contributed by atoms with Crippen molar-refractivity contribution < 1.29 is 4.79 Å². The molecule has 1 heterocycles. The van der Waals surface area contributed by atoms with Gasteiger partial charge in [0.25, 0.3) is 0 Å². The quantitative estimate of drug-likeness (QED) is 0.861. The molecule has 2 fully saturated rings. The van der Waals surface area contributed by atoms with Gasteiger partial charge < -0.3 is 10.2 Å². The Labute approximate surface area is 121 Å². The van der Waals surface area contributed by atoms with Crippen LogP contribution in [0.25, 0.3) is 0 Å². The van der Waals surface area contributed by atoms with Crippen LogP contribution in [-0.4, -0.2) is 36.5 Å². The lowest BCUT2D eigenvalue weighted by molar-refractivity contribution is -0.131. The van der Waals surface area contributed by atoms with Gasteiger partial charge in [0.1, 0.15) is 0 Å². The molecule has 1 aliphatic heterocycles. The van der Waals surface area contributed by atoms with Crippen LogP contribution in [0.15, 0.2) is 30.3 Å². The second-order valence-corrected chi connectivity index (χ2v) is 6.20. The number of hydrogen-bond donors (Lipinski definition) is 1. The zero-order chi connectivity index (χ0) is 13.8. The fourth-order valence-corrected chi connectivity index (χ4v) is 2.95. The van der Waals surface area contributed by atoms with E-state index in [1.807, 2.05) is 30.3 Å². The van der Waals surface area contributed by atoms with E-state index >= 15 is 0 Å². The predicted molar refractivity (Wildman–Crippen MR) is 80.5 cm³/mol. The normalized spacial score (nSPS) is 21.9. The highest BCUT2D eigenvalue weighted by Gasteiger charge is 2.28. The first-order valence-corrected chi connectivity index (χ1v) is 7.86. The van der Waals surface area contributed by atoms with Crippen LogP contribution in [0.5, 0.6) is 0 Å². The summed E-state index contributed by atoms with van der Waals surface area (Å²) in [5.74, 6) is 1.05. The van der Waals surface area contributed by atoms with Gasteiger partial charge in [-0.2, -0.15) is 0 Å². The minimum absolute atomic E-state index is 0.289. The van der Waals surface area contributed by atoms with Gasteiger partial charge in [-0.15, -0.1) is 0 Å². The second-order valence-electron chi connectivity index (χ2n) is 6.20. The summed E-state index contributed by atoms with van der Waals surface area (Å²) < 4.78 is 0. The van der Waals surface area contributed by atoms with Gasteiger partial charge in [0.05, 0.1) is 6.42 Å². The molecule has 1 amide bonds. The Kier molecular flexibility index (Phi) is 4.36. The van der Waals surface area contributed by atoms with Gasteiger partial charge in [0.15, 0.2) is 0 Å². The lowest BCUT2D eigenvalue weighted by atomic mass is 10.1. The summed E-state index contributed by atoms with van der Waals surface area (Å²) in [6, 6.07) is 10.6. The summed E-state index contributed by atoms with van der Waals surface area (Å²) >= 11 is 0. The zero-order valence-electron chi connectivity index (χ0n) is 12.1. The average molecular weight is 272 g/mol. The first-order chi connectivity index (χ1) is 9.81. The van der Waals surface area contributed by atoms with Crippen LogP contribution in [-0.2, 0) is 11.2 Å². The van der Waals surface area contributed by atoms with Crippen LogP contribution in [0, 0.1) is 5.92 Å². The highest BCUT2D eigenvalue weighted by molar-refractivity contribution is 5.78. The number of benzene rings is 1.